The van der Waals surface area contributed by atoms with E-state index in [9.17, 15) is 8.42 Å². The van der Waals surface area contributed by atoms with Crippen LogP contribution in [-0.2, 0) is 16.4 Å². The van der Waals surface area contributed by atoms with Crippen LogP contribution in [0, 0.1) is 0 Å². The molecule has 0 unspecified atom stereocenters. The Morgan fingerprint density at radius 3 is 2.51 bits per heavy atom. The molecule has 0 aliphatic carbocycles. The minimum Gasteiger partial charge on any atom is -0.489 e. The van der Waals surface area contributed by atoms with E-state index in [1.807, 2.05) is 60.7 Å². The highest BCUT2D eigenvalue weighted by atomic mass is 32.2. The van der Waals surface area contributed by atoms with E-state index in [-0.39, 0.29) is 11.5 Å². The minimum atomic E-state index is -2.84. The third kappa shape index (κ3) is 6.93. The Kier molecular flexibility index (Phi) is 7.76. The molecule has 5 rings (SSSR count). The van der Waals surface area contributed by atoms with Gasteiger partial charge in [-0.05, 0) is 48.9 Å². The molecule has 2 N–H and O–H groups in total. The number of fused-ring (bicyclic) bond motifs is 1. The summed E-state index contributed by atoms with van der Waals surface area (Å²) in [6.07, 6.45) is 4.16. The molecule has 1 aliphatic rings. The number of pyridine rings is 1. The lowest BCUT2D eigenvalue weighted by Crippen LogP contribution is -2.41. The molecule has 1 fully saturated rings. The van der Waals surface area contributed by atoms with E-state index in [1.165, 1.54) is 6.33 Å². The van der Waals surface area contributed by atoms with Crippen molar-refractivity contribution in [2.45, 2.75) is 13.0 Å². The molecule has 9 nitrogen and oxygen atoms in total. The van der Waals surface area contributed by atoms with E-state index in [2.05, 4.69) is 30.5 Å². The van der Waals surface area contributed by atoms with E-state index in [1.54, 1.807) is 6.20 Å². The van der Waals surface area contributed by atoms with Crippen molar-refractivity contribution in [1.82, 2.24) is 19.9 Å². The lowest BCUT2D eigenvalue weighted by molar-refractivity contribution is 0.294. The van der Waals surface area contributed by atoms with Crippen LogP contribution in [0.3, 0.4) is 0 Å². The van der Waals surface area contributed by atoms with E-state index in [0.29, 0.717) is 25.5 Å². The van der Waals surface area contributed by atoms with Crippen LogP contribution in [0.1, 0.15) is 12.0 Å². The first-order valence-electron chi connectivity index (χ1n) is 12.4. The van der Waals surface area contributed by atoms with E-state index in [0.717, 1.165) is 53.2 Å². The number of benzene rings is 2. The zero-order valence-electron chi connectivity index (χ0n) is 20.5. The van der Waals surface area contributed by atoms with Crippen molar-refractivity contribution in [3.8, 4) is 5.75 Å². The summed E-state index contributed by atoms with van der Waals surface area (Å²) in [6.45, 7) is 3.35. The molecule has 2 aromatic carbocycles. The van der Waals surface area contributed by atoms with E-state index >= 15 is 0 Å². The Morgan fingerprint density at radius 2 is 1.73 bits per heavy atom. The zero-order valence-corrected chi connectivity index (χ0v) is 21.3. The van der Waals surface area contributed by atoms with Crippen LogP contribution < -0.4 is 15.4 Å². The van der Waals surface area contributed by atoms with E-state index in [4.69, 9.17) is 4.74 Å². The molecule has 1 aliphatic heterocycles. The molecular formula is C27H30N6O3S. The third-order valence-corrected chi connectivity index (χ3v) is 7.89. The first-order valence-corrected chi connectivity index (χ1v) is 14.2. The van der Waals surface area contributed by atoms with Gasteiger partial charge in [0.15, 0.2) is 9.84 Å². The number of aromatic nitrogens is 3. The first kappa shape index (κ1) is 24.9. The monoisotopic (exact) mass is 518 g/mol. The van der Waals surface area contributed by atoms with Gasteiger partial charge in [-0.1, -0.05) is 30.3 Å². The number of rotatable bonds is 10. The van der Waals surface area contributed by atoms with Crippen molar-refractivity contribution in [1.29, 1.82) is 0 Å². The molecule has 37 heavy (non-hydrogen) atoms. The Balaban J connectivity index is 1.17. The van der Waals surface area contributed by atoms with Gasteiger partial charge in [-0.25, -0.2) is 23.4 Å². The molecule has 4 aromatic rings. The summed E-state index contributed by atoms with van der Waals surface area (Å²) < 4.78 is 29.0. The number of sulfone groups is 1. The Bertz CT molecular complexity index is 1420. The second-order valence-corrected chi connectivity index (χ2v) is 11.3. The minimum absolute atomic E-state index is 0.256. The molecule has 0 amide bonds. The Hall–Kier alpha value is -3.76. The topological polar surface area (TPSA) is 109 Å². The molecule has 2 aromatic heterocycles. The van der Waals surface area contributed by atoms with Crippen LogP contribution in [0.4, 0.5) is 17.3 Å². The van der Waals surface area contributed by atoms with Gasteiger partial charge in [0.2, 0.25) is 0 Å². The molecule has 3 heterocycles. The molecule has 0 bridgehead atoms. The van der Waals surface area contributed by atoms with Gasteiger partial charge in [-0.3, -0.25) is 0 Å². The van der Waals surface area contributed by atoms with Crippen molar-refractivity contribution < 1.29 is 13.2 Å². The van der Waals surface area contributed by atoms with Gasteiger partial charge in [-0.15, -0.1) is 0 Å². The lowest BCUT2D eigenvalue weighted by Gasteiger charge is -2.26. The van der Waals surface area contributed by atoms with Crippen LogP contribution in [-0.4, -0.2) is 66.0 Å². The van der Waals surface area contributed by atoms with Crippen LogP contribution in [0.2, 0.25) is 0 Å². The average molecular weight is 519 g/mol. The van der Waals surface area contributed by atoms with Gasteiger partial charge in [0.05, 0.1) is 23.2 Å². The van der Waals surface area contributed by atoms with Crippen molar-refractivity contribution in [2.75, 3.05) is 48.3 Å². The van der Waals surface area contributed by atoms with Crippen LogP contribution in [0.15, 0.2) is 73.2 Å². The van der Waals surface area contributed by atoms with Gasteiger partial charge in [0.1, 0.15) is 30.3 Å². The molecule has 0 radical (unpaired) electrons. The summed E-state index contributed by atoms with van der Waals surface area (Å²) in [4.78, 5) is 15.5. The molecule has 192 valence electrons. The quantitative estimate of drug-likeness (QED) is 0.302. The normalized spacial score (nSPS) is 15.4. The summed E-state index contributed by atoms with van der Waals surface area (Å²) in [5.41, 5.74) is 2.76. The second-order valence-electron chi connectivity index (χ2n) is 9.01. The van der Waals surface area contributed by atoms with E-state index < -0.39 is 9.84 Å². The smallest absolute Gasteiger partial charge is 0.152 e. The standard InChI is InChI=1S/C27H30N6O3S/c34-37(35)15-13-33(14-16-37)12-4-11-28-26-17-24-25(18-29-26)30-20-31-27(24)32-22-7-9-23(10-8-22)36-19-21-5-2-1-3-6-21/h1-3,5-10,17-18,20H,4,11-16,19H2,(H,28,29)(H,30,31,32). The maximum atomic E-state index is 11.6. The summed E-state index contributed by atoms with van der Waals surface area (Å²) in [5.74, 6) is 2.75. The zero-order chi connectivity index (χ0) is 25.5. The molecule has 0 saturated carbocycles. The second kappa shape index (κ2) is 11.5. The largest absolute Gasteiger partial charge is 0.489 e. The fourth-order valence-electron chi connectivity index (χ4n) is 4.16. The number of nitrogens with one attached hydrogen (secondary N) is 2. The maximum Gasteiger partial charge on any atom is 0.152 e. The lowest BCUT2D eigenvalue weighted by atomic mass is 10.2. The van der Waals surface area contributed by atoms with Gasteiger partial charge in [0.25, 0.3) is 0 Å². The summed E-state index contributed by atoms with van der Waals surface area (Å²) >= 11 is 0. The molecule has 10 heteroatoms. The van der Waals surface area contributed by atoms with Crippen molar-refractivity contribution in [3.63, 3.8) is 0 Å². The van der Waals surface area contributed by atoms with Crippen LogP contribution in [0.25, 0.3) is 10.9 Å². The number of hydrogen-bond acceptors (Lipinski definition) is 9. The highest BCUT2D eigenvalue weighted by Gasteiger charge is 2.20. The Morgan fingerprint density at radius 1 is 0.946 bits per heavy atom. The van der Waals surface area contributed by atoms with Crippen LogP contribution in [0.5, 0.6) is 5.75 Å². The fourth-order valence-corrected chi connectivity index (χ4v) is 5.44. The summed E-state index contributed by atoms with van der Waals surface area (Å²) in [7, 11) is -2.84. The Labute approximate surface area is 216 Å². The molecule has 0 atom stereocenters. The van der Waals surface area contributed by atoms with Gasteiger partial charge >= 0.3 is 0 Å². The number of hydrogen-bond donors (Lipinski definition) is 2. The number of nitrogens with zero attached hydrogens (tertiary/aromatic N) is 4. The number of anilines is 3. The SMILES string of the molecule is O=S1(=O)CCN(CCCNc2cc3c(Nc4ccc(OCc5ccccc5)cc4)ncnc3cn2)CC1. The maximum absolute atomic E-state index is 11.6. The van der Waals surface area contributed by atoms with Gasteiger partial charge in [-0.2, -0.15) is 0 Å². The fraction of sp³-hybridized carbons (Fsp3) is 0.296. The average Bonchev–Trinajstić information content (AvgIpc) is 2.92. The van der Waals surface area contributed by atoms with Crippen LogP contribution >= 0.6 is 0 Å². The third-order valence-electron chi connectivity index (χ3n) is 6.28. The highest BCUT2D eigenvalue weighted by molar-refractivity contribution is 7.91. The number of ether oxygens (including phenoxy) is 1. The molecular weight excluding hydrogens is 488 g/mol. The summed E-state index contributed by atoms with van der Waals surface area (Å²) in [6, 6.07) is 19.8. The van der Waals surface area contributed by atoms with Crippen molar-refractivity contribution in [3.05, 3.63) is 78.8 Å². The van der Waals surface area contributed by atoms with Gasteiger partial charge < -0.3 is 20.3 Å². The van der Waals surface area contributed by atoms with Crippen molar-refractivity contribution >= 4 is 38.1 Å². The first-order chi connectivity index (χ1) is 18.0. The summed E-state index contributed by atoms with van der Waals surface area (Å²) in [5, 5.41) is 7.60. The predicted octanol–water partition coefficient (Wildman–Crippen LogP) is 3.88. The highest BCUT2D eigenvalue weighted by Crippen LogP contribution is 2.26. The van der Waals surface area contributed by atoms with Gasteiger partial charge in [0, 0.05) is 30.7 Å². The molecule has 0 spiro atoms. The predicted molar refractivity (Wildman–Crippen MR) is 146 cm³/mol. The molecule has 1 saturated heterocycles. The van der Waals surface area contributed by atoms with Crippen molar-refractivity contribution in [2.24, 2.45) is 0 Å².